The molecule has 2 N–H and O–H groups in total. The summed E-state index contributed by atoms with van der Waals surface area (Å²) in [5, 5.41) is 5.83. The zero-order valence-electron chi connectivity index (χ0n) is 25.2. The minimum absolute atomic E-state index is 0.207. The van der Waals surface area contributed by atoms with Crippen LogP contribution in [0.3, 0.4) is 0 Å². The standard InChI is InChI=1S/C36H33N3O5S2/c1-2-43-36(42)31-28-18-19-39(22-24-11-5-3-6-12-24)23-30(28)46-35(31)38-34(41)32(25-13-7-4-8-14-25)45-27-16-9-15-26(21-27)37-33(40)29-17-10-20-44-29/h3-17,20-21,32H,2,18-19,22-23H2,1H3,(H,37,40)(H,38,41). The number of nitrogens with one attached hydrogen (secondary N) is 2. The highest BCUT2D eigenvalue weighted by molar-refractivity contribution is 8.00. The summed E-state index contributed by atoms with van der Waals surface area (Å²) in [6.07, 6.45) is 2.14. The Morgan fingerprint density at radius 3 is 2.48 bits per heavy atom. The van der Waals surface area contributed by atoms with Crippen LogP contribution in [0, 0.1) is 0 Å². The van der Waals surface area contributed by atoms with Gasteiger partial charge in [-0.2, -0.15) is 0 Å². The van der Waals surface area contributed by atoms with E-state index < -0.39 is 11.2 Å². The van der Waals surface area contributed by atoms with Crippen LogP contribution in [0.2, 0.25) is 0 Å². The average molecular weight is 652 g/mol. The number of thiophene rings is 1. The molecule has 0 saturated heterocycles. The number of anilines is 2. The predicted molar refractivity (Wildman–Crippen MR) is 181 cm³/mol. The van der Waals surface area contributed by atoms with Crippen LogP contribution in [0.1, 0.15) is 54.7 Å². The van der Waals surface area contributed by atoms with E-state index in [2.05, 4.69) is 27.7 Å². The lowest BCUT2D eigenvalue weighted by Gasteiger charge is -2.27. The molecule has 1 aliphatic heterocycles. The minimum Gasteiger partial charge on any atom is -0.462 e. The van der Waals surface area contributed by atoms with E-state index in [1.807, 2.05) is 66.7 Å². The first-order valence-corrected chi connectivity index (χ1v) is 16.7. The number of benzene rings is 3. The van der Waals surface area contributed by atoms with Gasteiger partial charge in [-0.15, -0.1) is 23.1 Å². The molecule has 6 rings (SSSR count). The third-order valence-electron chi connectivity index (χ3n) is 7.53. The van der Waals surface area contributed by atoms with Crippen LogP contribution >= 0.6 is 23.1 Å². The van der Waals surface area contributed by atoms with E-state index in [-0.39, 0.29) is 24.2 Å². The molecule has 0 aliphatic carbocycles. The Labute approximate surface area is 275 Å². The Balaban J connectivity index is 1.25. The highest BCUT2D eigenvalue weighted by Crippen LogP contribution is 2.41. The van der Waals surface area contributed by atoms with E-state index in [0.717, 1.165) is 34.0 Å². The second-order valence-corrected chi connectivity index (χ2v) is 13.0. The number of hydrogen-bond donors (Lipinski definition) is 2. The van der Waals surface area contributed by atoms with Gasteiger partial charge in [-0.25, -0.2) is 4.79 Å². The highest BCUT2D eigenvalue weighted by Gasteiger charge is 2.31. The molecular formula is C36H33N3O5S2. The van der Waals surface area contributed by atoms with Gasteiger partial charge in [0, 0.05) is 35.1 Å². The number of nitrogens with zero attached hydrogens (tertiary/aromatic N) is 1. The number of rotatable bonds is 11. The molecule has 0 bridgehead atoms. The van der Waals surface area contributed by atoms with Crippen LogP contribution in [-0.2, 0) is 29.0 Å². The molecule has 5 aromatic rings. The fraction of sp³-hybridized carbons (Fsp3) is 0.194. The Bertz CT molecular complexity index is 1810. The third kappa shape index (κ3) is 7.42. The molecule has 3 heterocycles. The van der Waals surface area contributed by atoms with E-state index in [4.69, 9.17) is 9.15 Å². The first-order valence-electron chi connectivity index (χ1n) is 15.0. The maximum Gasteiger partial charge on any atom is 0.341 e. The summed E-state index contributed by atoms with van der Waals surface area (Å²) in [4.78, 5) is 44.1. The van der Waals surface area contributed by atoms with E-state index in [0.29, 0.717) is 29.2 Å². The van der Waals surface area contributed by atoms with Crippen molar-refractivity contribution in [2.75, 3.05) is 23.8 Å². The van der Waals surface area contributed by atoms with Crippen molar-refractivity contribution in [1.29, 1.82) is 0 Å². The molecule has 234 valence electrons. The molecule has 8 nitrogen and oxygen atoms in total. The number of hydrogen-bond acceptors (Lipinski definition) is 8. The zero-order chi connectivity index (χ0) is 31.9. The van der Waals surface area contributed by atoms with Crippen molar-refractivity contribution < 1.29 is 23.5 Å². The number of esters is 1. The maximum atomic E-state index is 14.1. The Morgan fingerprint density at radius 1 is 0.957 bits per heavy atom. The summed E-state index contributed by atoms with van der Waals surface area (Å²) < 4.78 is 10.7. The molecule has 0 fully saturated rings. The van der Waals surface area contributed by atoms with Gasteiger partial charge in [-0.05, 0) is 60.4 Å². The number of carbonyl (C=O) groups is 3. The summed E-state index contributed by atoms with van der Waals surface area (Å²) in [7, 11) is 0. The molecule has 2 amide bonds. The van der Waals surface area contributed by atoms with Gasteiger partial charge in [-0.3, -0.25) is 14.5 Å². The molecule has 0 saturated carbocycles. The third-order valence-corrected chi connectivity index (χ3v) is 9.91. The molecule has 1 atom stereocenters. The second-order valence-electron chi connectivity index (χ2n) is 10.7. The number of thioether (sulfide) groups is 1. The van der Waals surface area contributed by atoms with Crippen LogP contribution in [0.15, 0.2) is 113 Å². The molecule has 1 aliphatic rings. The molecule has 3 aromatic carbocycles. The lowest BCUT2D eigenvalue weighted by atomic mass is 10.0. The van der Waals surface area contributed by atoms with E-state index in [9.17, 15) is 14.4 Å². The Hall–Kier alpha value is -4.64. The van der Waals surface area contributed by atoms with Crippen molar-refractivity contribution in [3.05, 3.63) is 136 Å². The van der Waals surface area contributed by atoms with Crippen LogP contribution in [0.25, 0.3) is 0 Å². The summed E-state index contributed by atoms with van der Waals surface area (Å²) >= 11 is 2.81. The molecule has 0 radical (unpaired) electrons. The topological polar surface area (TPSA) is 101 Å². The quantitative estimate of drug-likeness (QED) is 0.111. The fourth-order valence-electron chi connectivity index (χ4n) is 5.40. The van der Waals surface area contributed by atoms with Crippen LogP contribution in [0.4, 0.5) is 10.7 Å². The normalized spacial score (nSPS) is 13.4. The van der Waals surface area contributed by atoms with E-state index >= 15 is 0 Å². The molecule has 1 unspecified atom stereocenters. The number of ether oxygens (including phenoxy) is 1. The summed E-state index contributed by atoms with van der Waals surface area (Å²) in [6.45, 7) is 4.32. The van der Waals surface area contributed by atoms with Crippen molar-refractivity contribution in [2.45, 2.75) is 36.6 Å². The highest BCUT2D eigenvalue weighted by atomic mass is 32.2. The first-order chi connectivity index (χ1) is 22.5. The minimum atomic E-state index is -0.638. The zero-order valence-corrected chi connectivity index (χ0v) is 26.9. The Kier molecular flexibility index (Phi) is 9.97. The fourth-order valence-corrected chi connectivity index (χ4v) is 7.77. The smallest absolute Gasteiger partial charge is 0.341 e. The Morgan fingerprint density at radius 2 is 1.74 bits per heavy atom. The van der Waals surface area contributed by atoms with E-state index in [1.54, 1.807) is 25.1 Å². The van der Waals surface area contributed by atoms with Gasteiger partial charge in [0.15, 0.2) is 5.76 Å². The lowest BCUT2D eigenvalue weighted by Crippen LogP contribution is -2.30. The van der Waals surface area contributed by atoms with Crippen LogP contribution in [0.5, 0.6) is 0 Å². The van der Waals surface area contributed by atoms with Gasteiger partial charge in [0.1, 0.15) is 10.3 Å². The number of amides is 2. The molecule has 46 heavy (non-hydrogen) atoms. The van der Waals surface area contributed by atoms with Gasteiger partial charge < -0.3 is 19.8 Å². The average Bonchev–Trinajstić information content (AvgIpc) is 3.73. The molecule has 0 spiro atoms. The number of furan rings is 1. The summed E-state index contributed by atoms with van der Waals surface area (Å²) in [5.41, 5.74) is 4.02. The predicted octanol–water partition coefficient (Wildman–Crippen LogP) is 7.80. The van der Waals surface area contributed by atoms with Crippen molar-refractivity contribution in [3.63, 3.8) is 0 Å². The number of carbonyl (C=O) groups excluding carboxylic acids is 3. The summed E-state index contributed by atoms with van der Waals surface area (Å²) in [6, 6.07) is 30.4. The van der Waals surface area contributed by atoms with Crippen LogP contribution in [-0.4, -0.2) is 35.8 Å². The second kappa shape index (κ2) is 14.6. The summed E-state index contributed by atoms with van der Waals surface area (Å²) in [5.74, 6) is -0.832. The first kappa shape index (κ1) is 31.3. The van der Waals surface area contributed by atoms with Gasteiger partial charge in [0.25, 0.3) is 5.91 Å². The van der Waals surface area contributed by atoms with Gasteiger partial charge in [-0.1, -0.05) is 66.7 Å². The largest absolute Gasteiger partial charge is 0.462 e. The number of fused-ring (bicyclic) bond motifs is 1. The monoisotopic (exact) mass is 651 g/mol. The SMILES string of the molecule is CCOC(=O)c1c(NC(=O)C(Sc2cccc(NC(=O)c3ccco3)c2)c2ccccc2)sc2c1CCN(Cc1ccccc1)C2. The van der Waals surface area contributed by atoms with E-state index in [1.165, 1.54) is 34.9 Å². The van der Waals surface area contributed by atoms with Crippen molar-refractivity contribution in [2.24, 2.45) is 0 Å². The lowest BCUT2D eigenvalue weighted by molar-refractivity contribution is -0.115. The van der Waals surface area contributed by atoms with Crippen molar-refractivity contribution in [1.82, 2.24) is 4.90 Å². The van der Waals surface area contributed by atoms with Crippen LogP contribution < -0.4 is 10.6 Å². The van der Waals surface area contributed by atoms with Crippen molar-refractivity contribution in [3.8, 4) is 0 Å². The van der Waals surface area contributed by atoms with Crippen molar-refractivity contribution >= 4 is 51.6 Å². The maximum absolute atomic E-state index is 14.1. The molecule has 10 heteroatoms. The molecular weight excluding hydrogens is 619 g/mol. The van der Waals surface area contributed by atoms with Gasteiger partial charge >= 0.3 is 5.97 Å². The van der Waals surface area contributed by atoms with Gasteiger partial charge in [0.2, 0.25) is 5.91 Å². The molecule has 2 aromatic heterocycles. The van der Waals surface area contributed by atoms with Gasteiger partial charge in [0.05, 0.1) is 18.4 Å².